The lowest BCUT2D eigenvalue weighted by Crippen LogP contribution is -2.61. The highest BCUT2D eigenvalue weighted by Gasteiger charge is 2.47. The smallest absolute Gasteiger partial charge is 0.239 e. The van der Waals surface area contributed by atoms with Gasteiger partial charge in [0.15, 0.2) is 12.1 Å². The average molecular weight is 595 g/mol. The zero-order valence-corrected chi connectivity index (χ0v) is 21.9. The second-order valence-corrected chi connectivity index (χ2v) is 10.1. The highest BCUT2D eigenvalue weighted by atomic mass is 16.7. The first-order valence-corrected chi connectivity index (χ1v) is 12.9. The van der Waals surface area contributed by atoms with Crippen molar-refractivity contribution in [3.8, 4) is 34.3 Å². The van der Waals surface area contributed by atoms with E-state index in [9.17, 15) is 50.8 Å². The number of hydrogen-bond acceptors (Lipinski definition) is 15. The Morgan fingerprint density at radius 3 is 2.17 bits per heavy atom. The van der Waals surface area contributed by atoms with E-state index in [1.807, 2.05) is 0 Å². The number of ether oxygens (including phenoxy) is 4. The number of aliphatic hydroxyl groups excluding tert-OH is 6. The molecule has 42 heavy (non-hydrogen) atoms. The van der Waals surface area contributed by atoms with Gasteiger partial charge in [0.05, 0.1) is 18.3 Å². The van der Waals surface area contributed by atoms with Gasteiger partial charge in [-0.3, -0.25) is 4.79 Å². The summed E-state index contributed by atoms with van der Waals surface area (Å²) >= 11 is 0. The number of aliphatic hydroxyl groups is 6. The number of phenols is 3. The molecule has 1 aromatic heterocycles. The molecule has 2 fully saturated rings. The molecule has 0 saturated carbocycles. The number of rotatable bonds is 6. The topological polar surface area (TPSA) is 249 Å². The normalized spacial score (nSPS) is 33.5. The van der Waals surface area contributed by atoms with Crippen molar-refractivity contribution in [1.29, 1.82) is 0 Å². The molecule has 2 aliphatic rings. The zero-order valence-electron chi connectivity index (χ0n) is 21.9. The quantitative estimate of drug-likeness (QED) is 0.159. The lowest BCUT2D eigenvalue weighted by atomic mass is 9.98. The summed E-state index contributed by atoms with van der Waals surface area (Å²) in [4.78, 5) is 13.6. The summed E-state index contributed by atoms with van der Waals surface area (Å²) in [5, 5.41) is 92.1. The molecule has 3 aromatic rings. The first-order valence-electron chi connectivity index (χ1n) is 12.9. The van der Waals surface area contributed by atoms with E-state index < -0.39 is 96.1 Å². The molecule has 0 aliphatic carbocycles. The van der Waals surface area contributed by atoms with Crippen molar-refractivity contribution in [2.75, 3.05) is 6.61 Å². The molecule has 3 heterocycles. The Morgan fingerprint density at radius 1 is 0.786 bits per heavy atom. The lowest BCUT2D eigenvalue weighted by molar-refractivity contribution is -0.318. The third kappa shape index (κ3) is 5.37. The summed E-state index contributed by atoms with van der Waals surface area (Å²) in [6, 6.07) is 7.63. The fraction of sp³-hybridized carbons (Fsp3) is 0.444. The van der Waals surface area contributed by atoms with E-state index in [0.29, 0.717) is 0 Å². The molecule has 0 bridgehead atoms. The highest BCUT2D eigenvalue weighted by molar-refractivity contribution is 5.88. The molecule has 5 rings (SSSR count). The van der Waals surface area contributed by atoms with Crippen LogP contribution < -0.4 is 10.2 Å². The first kappa shape index (κ1) is 30.0. The fourth-order valence-corrected chi connectivity index (χ4v) is 4.83. The molecule has 228 valence electrons. The van der Waals surface area contributed by atoms with Gasteiger partial charge in [-0.05, 0) is 19.1 Å². The SMILES string of the molecule is C[C@@H]1O[C@@H](OC[C@H]2O[C@@H](Oc3c(-c4ccccc4O)oc4cc(O)cc(O)c4c3=O)[C@@H](O)[C@H](O)[C@@H]2O)[C@@H](O)[C@H](O)[C@H]1O. The number of para-hydroxylation sites is 1. The lowest BCUT2D eigenvalue weighted by Gasteiger charge is -2.42. The third-order valence-corrected chi connectivity index (χ3v) is 7.20. The predicted molar refractivity (Wildman–Crippen MR) is 139 cm³/mol. The van der Waals surface area contributed by atoms with Crippen LogP contribution in [0.5, 0.6) is 23.0 Å². The molecule has 2 aromatic carbocycles. The Labute approximate surface area is 236 Å². The van der Waals surface area contributed by atoms with Crippen LogP contribution >= 0.6 is 0 Å². The monoisotopic (exact) mass is 594 g/mol. The number of aromatic hydroxyl groups is 3. The van der Waals surface area contributed by atoms with Crippen LogP contribution in [0.25, 0.3) is 22.3 Å². The minimum Gasteiger partial charge on any atom is -0.508 e. The third-order valence-electron chi connectivity index (χ3n) is 7.20. The van der Waals surface area contributed by atoms with Crippen LogP contribution in [0, 0.1) is 0 Å². The largest absolute Gasteiger partial charge is 0.508 e. The van der Waals surface area contributed by atoms with E-state index in [4.69, 9.17) is 23.4 Å². The van der Waals surface area contributed by atoms with Gasteiger partial charge >= 0.3 is 0 Å². The van der Waals surface area contributed by atoms with Crippen molar-refractivity contribution in [2.45, 2.75) is 68.3 Å². The second-order valence-electron chi connectivity index (χ2n) is 10.1. The van der Waals surface area contributed by atoms with Gasteiger partial charge in [0.25, 0.3) is 0 Å². The van der Waals surface area contributed by atoms with Crippen molar-refractivity contribution in [3.05, 3.63) is 46.6 Å². The molecule has 0 radical (unpaired) electrons. The van der Waals surface area contributed by atoms with Gasteiger partial charge in [-0.2, -0.15) is 0 Å². The maximum atomic E-state index is 13.6. The standard InChI is InChI=1S/C27H30O15/c1-9-17(31)20(34)22(36)26(39-9)38-8-15-18(32)21(35)23(37)27(41-15)42-25-19(33)16-13(30)6-10(28)7-14(16)40-24(25)11-4-2-3-5-12(11)29/h2-7,9,15,17-18,20-23,26-32,34-37H,8H2,1H3/t9-,15+,17-,18+,20+,21+,22-,23-,26+,27-/m0/s1. The van der Waals surface area contributed by atoms with Crippen molar-refractivity contribution >= 4 is 11.0 Å². The molecular weight excluding hydrogens is 564 g/mol. The van der Waals surface area contributed by atoms with Crippen LogP contribution in [0.4, 0.5) is 0 Å². The molecule has 0 unspecified atom stereocenters. The molecule has 9 N–H and O–H groups in total. The summed E-state index contributed by atoms with van der Waals surface area (Å²) in [5.41, 5.74) is -1.29. The van der Waals surface area contributed by atoms with E-state index in [0.717, 1.165) is 12.1 Å². The summed E-state index contributed by atoms with van der Waals surface area (Å²) < 4.78 is 27.9. The van der Waals surface area contributed by atoms with Crippen molar-refractivity contribution < 1.29 is 69.3 Å². The molecule has 0 amide bonds. The maximum absolute atomic E-state index is 13.6. The van der Waals surface area contributed by atoms with E-state index in [-0.39, 0.29) is 22.7 Å². The zero-order chi connectivity index (χ0) is 30.5. The van der Waals surface area contributed by atoms with Gasteiger partial charge < -0.3 is 69.3 Å². The van der Waals surface area contributed by atoms with Crippen LogP contribution in [0.15, 0.2) is 45.6 Å². The van der Waals surface area contributed by atoms with E-state index in [1.54, 1.807) is 0 Å². The Kier molecular flexibility index (Phi) is 8.30. The summed E-state index contributed by atoms with van der Waals surface area (Å²) in [6.45, 7) is 0.850. The molecule has 0 spiro atoms. The van der Waals surface area contributed by atoms with Crippen LogP contribution in [-0.2, 0) is 14.2 Å². The number of fused-ring (bicyclic) bond motifs is 1. The Hall–Kier alpha value is -3.51. The van der Waals surface area contributed by atoms with Crippen LogP contribution in [-0.4, -0.2) is 114 Å². The van der Waals surface area contributed by atoms with Crippen molar-refractivity contribution in [3.63, 3.8) is 0 Å². The molecular formula is C27H30O15. The maximum Gasteiger partial charge on any atom is 0.239 e. The van der Waals surface area contributed by atoms with Gasteiger partial charge in [-0.15, -0.1) is 0 Å². The Bertz CT molecular complexity index is 1490. The van der Waals surface area contributed by atoms with Crippen molar-refractivity contribution in [1.82, 2.24) is 0 Å². The predicted octanol–water partition coefficient (Wildman–Crippen LogP) is -1.39. The van der Waals surface area contributed by atoms with Gasteiger partial charge in [0.2, 0.25) is 17.5 Å². The highest BCUT2D eigenvalue weighted by Crippen LogP contribution is 2.40. The van der Waals surface area contributed by atoms with Gasteiger partial charge in [-0.25, -0.2) is 0 Å². The molecule has 2 saturated heterocycles. The van der Waals surface area contributed by atoms with Crippen molar-refractivity contribution in [2.24, 2.45) is 0 Å². The minimum atomic E-state index is -1.94. The number of benzene rings is 2. The molecule has 2 aliphatic heterocycles. The summed E-state index contributed by atoms with van der Waals surface area (Å²) in [5.74, 6) is -2.45. The average Bonchev–Trinajstić information content (AvgIpc) is 2.95. The van der Waals surface area contributed by atoms with E-state index in [1.165, 1.54) is 31.2 Å². The molecule has 15 heteroatoms. The Morgan fingerprint density at radius 2 is 1.45 bits per heavy atom. The van der Waals surface area contributed by atoms with Crippen LogP contribution in [0.3, 0.4) is 0 Å². The fourth-order valence-electron chi connectivity index (χ4n) is 4.83. The molecule has 10 atom stereocenters. The Balaban J connectivity index is 1.47. The van der Waals surface area contributed by atoms with Crippen LogP contribution in [0.2, 0.25) is 0 Å². The van der Waals surface area contributed by atoms with Gasteiger partial charge in [0, 0.05) is 12.1 Å². The molecule has 15 nitrogen and oxygen atoms in total. The number of hydrogen-bond donors (Lipinski definition) is 9. The van der Waals surface area contributed by atoms with E-state index >= 15 is 0 Å². The first-order chi connectivity index (χ1) is 19.9. The summed E-state index contributed by atoms with van der Waals surface area (Å²) in [6.07, 6.45) is -15.9. The minimum absolute atomic E-state index is 0.0431. The summed E-state index contributed by atoms with van der Waals surface area (Å²) in [7, 11) is 0. The van der Waals surface area contributed by atoms with Gasteiger partial charge in [0.1, 0.15) is 70.9 Å². The van der Waals surface area contributed by atoms with E-state index in [2.05, 4.69) is 0 Å². The second kappa shape index (κ2) is 11.6. The van der Waals surface area contributed by atoms with Gasteiger partial charge in [-0.1, -0.05) is 12.1 Å². The number of phenolic OH excluding ortho intramolecular Hbond substituents is 3. The van der Waals surface area contributed by atoms with Crippen LogP contribution in [0.1, 0.15) is 6.92 Å².